The van der Waals surface area contributed by atoms with E-state index in [2.05, 4.69) is 29.2 Å². The largest absolute Gasteiger partial charge is 0.485 e. The normalized spacial score (nSPS) is 11.8. The van der Waals surface area contributed by atoms with E-state index in [1.54, 1.807) is 20.0 Å². The highest BCUT2D eigenvalue weighted by molar-refractivity contribution is 7.21. The van der Waals surface area contributed by atoms with Gasteiger partial charge in [0.05, 0.1) is 11.9 Å². The maximum atomic E-state index is 13.8. The number of aromatic nitrogens is 3. The van der Waals surface area contributed by atoms with Crippen molar-refractivity contribution in [2.45, 2.75) is 46.4 Å². The molecule has 0 spiro atoms. The van der Waals surface area contributed by atoms with Crippen LogP contribution < -0.4 is 15.8 Å². The molecule has 0 saturated carbocycles. The number of nitrogens with zero attached hydrogens (tertiary/aromatic N) is 3. The molecule has 43 heavy (non-hydrogen) atoms. The number of halogens is 3. The van der Waals surface area contributed by atoms with Crippen molar-refractivity contribution in [1.29, 1.82) is 0 Å². The Morgan fingerprint density at radius 3 is 2.51 bits per heavy atom. The zero-order chi connectivity index (χ0) is 31.2. The summed E-state index contributed by atoms with van der Waals surface area (Å²) in [4.78, 5) is 29.2. The highest BCUT2D eigenvalue weighted by atomic mass is 32.1. The second kappa shape index (κ2) is 11.2. The van der Waals surface area contributed by atoms with Crippen LogP contribution in [-0.2, 0) is 19.8 Å². The van der Waals surface area contributed by atoms with Crippen LogP contribution in [-0.4, -0.2) is 26.6 Å². The van der Waals surface area contributed by atoms with Gasteiger partial charge in [-0.1, -0.05) is 26.0 Å². The van der Waals surface area contributed by atoms with Crippen LogP contribution in [0.1, 0.15) is 68.3 Å². The number of nitrogens with two attached hydrogens (primary N) is 1. The first-order chi connectivity index (χ1) is 20.2. The lowest BCUT2D eigenvalue weighted by Crippen LogP contribution is -2.16. The average Bonchev–Trinajstić information content (AvgIpc) is 3.64. The first kappa shape index (κ1) is 29.8. The Balaban J connectivity index is 1.51. The van der Waals surface area contributed by atoms with E-state index in [0.717, 1.165) is 17.2 Å². The van der Waals surface area contributed by atoms with Crippen LogP contribution in [0.15, 0.2) is 47.0 Å². The van der Waals surface area contributed by atoms with E-state index in [0.29, 0.717) is 34.1 Å². The summed E-state index contributed by atoms with van der Waals surface area (Å²) < 4.78 is 54.7. The fourth-order valence-corrected chi connectivity index (χ4v) is 5.66. The summed E-state index contributed by atoms with van der Waals surface area (Å²) in [6, 6.07) is 9.84. The summed E-state index contributed by atoms with van der Waals surface area (Å²) in [6.07, 6.45) is -3.35. The highest BCUT2D eigenvalue weighted by Crippen LogP contribution is 2.44. The molecule has 224 valence electrons. The molecule has 4 heterocycles. The predicted octanol–water partition coefficient (Wildman–Crippen LogP) is 6.98. The van der Waals surface area contributed by atoms with Crippen molar-refractivity contribution >= 4 is 39.1 Å². The summed E-state index contributed by atoms with van der Waals surface area (Å²) in [7, 11) is 1.65. The molecule has 0 aliphatic rings. The number of benzene rings is 1. The van der Waals surface area contributed by atoms with E-state index in [1.807, 2.05) is 25.1 Å². The molecule has 0 atom stereocenters. The van der Waals surface area contributed by atoms with Crippen LogP contribution >= 0.6 is 11.3 Å². The number of carbonyl (C=O) groups is 2. The van der Waals surface area contributed by atoms with Gasteiger partial charge in [0.15, 0.2) is 5.76 Å². The Kier molecular flexibility index (Phi) is 7.78. The lowest BCUT2D eigenvalue weighted by molar-refractivity contribution is -0.140. The van der Waals surface area contributed by atoms with E-state index in [-0.39, 0.29) is 44.6 Å². The van der Waals surface area contributed by atoms with Crippen molar-refractivity contribution in [3.8, 4) is 16.9 Å². The summed E-state index contributed by atoms with van der Waals surface area (Å²) >= 11 is 0.658. The maximum absolute atomic E-state index is 13.8. The molecule has 9 nitrogen and oxygen atoms in total. The smallest absolute Gasteiger partial charge is 0.433 e. The highest BCUT2D eigenvalue weighted by Gasteiger charge is 2.35. The van der Waals surface area contributed by atoms with Crippen molar-refractivity contribution in [2.24, 2.45) is 12.8 Å². The van der Waals surface area contributed by atoms with Gasteiger partial charge in [0.25, 0.3) is 11.8 Å². The molecule has 4 aromatic heterocycles. The number of carbonyl (C=O) groups excluding carboxylic acids is 2. The van der Waals surface area contributed by atoms with Crippen molar-refractivity contribution < 1.29 is 31.9 Å². The zero-order valence-electron chi connectivity index (χ0n) is 23.9. The quantitative estimate of drug-likeness (QED) is 0.195. The van der Waals surface area contributed by atoms with E-state index >= 15 is 0 Å². The van der Waals surface area contributed by atoms with Crippen molar-refractivity contribution in [3.63, 3.8) is 0 Å². The van der Waals surface area contributed by atoms with Crippen molar-refractivity contribution in [2.75, 3.05) is 5.32 Å². The van der Waals surface area contributed by atoms with Gasteiger partial charge in [0.1, 0.15) is 33.5 Å². The third kappa shape index (κ3) is 5.85. The molecular weight excluding hydrogens is 583 g/mol. The number of rotatable bonds is 8. The lowest BCUT2D eigenvalue weighted by Gasteiger charge is -2.14. The van der Waals surface area contributed by atoms with E-state index < -0.39 is 23.7 Å². The molecular formula is C30H28F3N5O4S. The number of pyridine rings is 1. The predicted molar refractivity (Wildman–Crippen MR) is 156 cm³/mol. The molecule has 0 aliphatic heterocycles. The third-order valence-electron chi connectivity index (χ3n) is 6.99. The number of nitrogens with one attached hydrogen (secondary N) is 1. The Morgan fingerprint density at radius 1 is 1.14 bits per heavy atom. The van der Waals surface area contributed by atoms with Gasteiger partial charge in [0.2, 0.25) is 0 Å². The number of hydrogen-bond acceptors (Lipinski definition) is 7. The topological polar surface area (TPSA) is 125 Å². The van der Waals surface area contributed by atoms with E-state index in [1.165, 1.54) is 16.9 Å². The molecule has 5 aromatic rings. The Morgan fingerprint density at radius 2 is 1.88 bits per heavy atom. The van der Waals surface area contributed by atoms with Gasteiger partial charge in [-0.05, 0) is 60.7 Å². The number of thiophene rings is 1. The minimum atomic E-state index is -4.76. The number of alkyl halides is 3. The fourth-order valence-electron chi connectivity index (χ4n) is 4.66. The van der Waals surface area contributed by atoms with Gasteiger partial charge in [-0.15, -0.1) is 11.3 Å². The molecule has 13 heteroatoms. The number of ether oxygens (including phenoxy) is 1. The van der Waals surface area contributed by atoms with Crippen LogP contribution in [0.2, 0.25) is 0 Å². The van der Waals surface area contributed by atoms with Gasteiger partial charge in [-0.2, -0.15) is 18.3 Å². The third-order valence-corrected chi connectivity index (χ3v) is 8.08. The first-order valence-corrected chi connectivity index (χ1v) is 14.0. The molecule has 0 aliphatic carbocycles. The zero-order valence-corrected chi connectivity index (χ0v) is 24.7. The number of furan rings is 1. The van der Waals surface area contributed by atoms with Gasteiger partial charge in [-0.25, -0.2) is 4.98 Å². The lowest BCUT2D eigenvalue weighted by atomic mass is 10.0. The first-order valence-electron chi connectivity index (χ1n) is 13.2. The number of fused-ring (bicyclic) bond motifs is 1. The summed E-state index contributed by atoms with van der Waals surface area (Å²) in [5.41, 5.74) is 7.47. The maximum Gasteiger partial charge on any atom is 0.433 e. The van der Waals surface area contributed by atoms with Crippen molar-refractivity contribution in [3.05, 3.63) is 81.5 Å². The van der Waals surface area contributed by atoms with Crippen LogP contribution in [0.25, 0.3) is 21.3 Å². The minimum Gasteiger partial charge on any atom is -0.485 e. The molecule has 1 aromatic carbocycles. The van der Waals surface area contributed by atoms with Crippen LogP contribution in [0.4, 0.5) is 18.9 Å². The van der Waals surface area contributed by atoms with Crippen molar-refractivity contribution in [1.82, 2.24) is 14.8 Å². The Hall–Kier alpha value is -4.65. The SMILES string of the molecule is Cc1ccc(C(C)C)c(OCc2ccc(C(=O)Nc3c(C(N)=O)sc4nc(C(F)(F)F)cc(-c5cnn(C)c5C)c34)o2)c1. The summed E-state index contributed by atoms with van der Waals surface area (Å²) in [6.45, 7) is 7.82. The van der Waals surface area contributed by atoms with Crippen LogP contribution in [0.3, 0.4) is 0 Å². The number of aryl methyl sites for hydroxylation is 2. The van der Waals surface area contributed by atoms with Crippen LogP contribution in [0.5, 0.6) is 5.75 Å². The molecule has 0 radical (unpaired) electrons. The minimum absolute atomic E-state index is 0.0545. The summed E-state index contributed by atoms with van der Waals surface area (Å²) in [5, 5.41) is 6.91. The summed E-state index contributed by atoms with van der Waals surface area (Å²) in [5.74, 6) is -0.461. The van der Waals surface area contributed by atoms with Gasteiger partial charge in [-0.3, -0.25) is 14.3 Å². The second-order valence-electron chi connectivity index (χ2n) is 10.4. The van der Waals surface area contributed by atoms with E-state index in [4.69, 9.17) is 14.9 Å². The second-order valence-corrected chi connectivity index (χ2v) is 11.4. The van der Waals surface area contributed by atoms with Gasteiger partial charge < -0.3 is 20.2 Å². The Labute approximate surface area is 248 Å². The standard InChI is InChI=1S/C30H28F3N5O4S/c1-14(2)18-8-6-15(3)10-22(18)41-13-17-7-9-21(42-17)28(40)37-25-24-19(20-12-35-38(5)16(20)4)11-23(30(31,32)33)36-29(24)43-26(25)27(34)39/h6-12,14H,13H2,1-5H3,(H2,34,39)(H,37,40). The Bertz CT molecular complexity index is 1870. The molecule has 0 unspecified atom stereocenters. The van der Waals surface area contributed by atoms with E-state index in [9.17, 15) is 22.8 Å². The number of hydrogen-bond donors (Lipinski definition) is 2. The van der Waals surface area contributed by atoms with Gasteiger partial charge >= 0.3 is 6.18 Å². The number of anilines is 1. The molecule has 0 bridgehead atoms. The molecule has 0 saturated heterocycles. The molecule has 2 amide bonds. The fraction of sp³-hybridized carbons (Fsp3) is 0.267. The molecule has 0 fully saturated rings. The van der Waals surface area contributed by atoms with Crippen LogP contribution in [0, 0.1) is 13.8 Å². The molecule has 3 N–H and O–H groups in total. The average molecular weight is 612 g/mol. The monoisotopic (exact) mass is 611 g/mol. The van der Waals surface area contributed by atoms with Gasteiger partial charge in [0, 0.05) is 23.7 Å². The number of amides is 2. The molecule has 5 rings (SSSR count). The number of primary amides is 1.